The second-order valence-electron chi connectivity index (χ2n) is 7.94. The maximum Gasteiger partial charge on any atom is 0.252 e. The van der Waals surface area contributed by atoms with Crippen molar-refractivity contribution in [1.29, 1.82) is 0 Å². The third-order valence-electron chi connectivity index (χ3n) is 5.05. The molecule has 6 nitrogen and oxygen atoms in total. The van der Waals surface area contributed by atoms with Crippen molar-refractivity contribution in [3.63, 3.8) is 0 Å². The first-order chi connectivity index (χ1) is 13.4. The van der Waals surface area contributed by atoms with Crippen LogP contribution in [0.25, 0.3) is 5.78 Å². The number of hydrogen-bond donors (Lipinski definition) is 0. The molecule has 0 aliphatic carbocycles. The Hall–Kier alpha value is -2.54. The fourth-order valence-corrected chi connectivity index (χ4v) is 3.93. The maximum atomic E-state index is 14.0. The monoisotopic (exact) mass is 383 g/mol. The lowest BCUT2D eigenvalue weighted by molar-refractivity contribution is -0.0269. The highest BCUT2D eigenvalue weighted by Gasteiger charge is 2.26. The van der Waals surface area contributed by atoms with Crippen LogP contribution in [0.3, 0.4) is 0 Å². The number of benzene rings is 1. The van der Waals surface area contributed by atoms with E-state index in [9.17, 15) is 4.39 Å². The molecule has 1 atom stereocenters. The van der Waals surface area contributed by atoms with Gasteiger partial charge in [-0.25, -0.2) is 9.50 Å². The Kier molecular flexibility index (Phi) is 5.02. The van der Waals surface area contributed by atoms with Gasteiger partial charge in [0.05, 0.1) is 5.69 Å². The van der Waals surface area contributed by atoms with Crippen molar-refractivity contribution < 1.29 is 9.13 Å². The van der Waals surface area contributed by atoms with Gasteiger partial charge in [-0.2, -0.15) is 14.5 Å². The molecule has 0 saturated carbocycles. The molecular weight excluding hydrogens is 357 g/mol. The summed E-state index contributed by atoms with van der Waals surface area (Å²) in [6.45, 7) is 7.49. The van der Waals surface area contributed by atoms with E-state index in [1.54, 1.807) is 6.33 Å². The number of likely N-dealkylation sites (tertiary alicyclic amines) is 1. The summed E-state index contributed by atoms with van der Waals surface area (Å²) in [5, 5.41) is 4.36. The molecule has 0 spiro atoms. The lowest BCUT2D eigenvalue weighted by atomic mass is 9.93. The number of nitrogens with zero attached hydrogens (tertiary/aromatic N) is 5. The summed E-state index contributed by atoms with van der Waals surface area (Å²) >= 11 is 0. The first kappa shape index (κ1) is 18.8. The predicted octanol–water partition coefficient (Wildman–Crippen LogP) is 3.90. The van der Waals surface area contributed by atoms with Crippen molar-refractivity contribution in [2.45, 2.75) is 51.9 Å². The van der Waals surface area contributed by atoms with Gasteiger partial charge in [0.2, 0.25) is 5.85 Å². The summed E-state index contributed by atoms with van der Waals surface area (Å²) < 4.78 is 21.4. The molecule has 1 aliphatic heterocycles. The summed E-state index contributed by atoms with van der Waals surface area (Å²) in [6, 6.07) is 9.81. The highest BCUT2D eigenvalue weighted by molar-refractivity contribution is 5.34. The van der Waals surface area contributed by atoms with Crippen LogP contribution in [-0.2, 0) is 6.54 Å². The van der Waals surface area contributed by atoms with Gasteiger partial charge in [-0.15, -0.1) is 0 Å². The Morgan fingerprint density at radius 2 is 2.11 bits per heavy atom. The predicted molar refractivity (Wildman–Crippen MR) is 105 cm³/mol. The number of aromatic nitrogens is 4. The van der Waals surface area contributed by atoms with E-state index in [4.69, 9.17) is 4.74 Å². The lowest BCUT2D eigenvalue weighted by Crippen LogP contribution is -2.35. The molecule has 4 rings (SSSR count). The van der Waals surface area contributed by atoms with Gasteiger partial charge in [0, 0.05) is 44.1 Å². The fourth-order valence-electron chi connectivity index (χ4n) is 3.93. The van der Waals surface area contributed by atoms with Crippen LogP contribution in [0, 0.1) is 6.92 Å². The molecule has 1 aliphatic rings. The van der Waals surface area contributed by atoms with Gasteiger partial charge in [0.25, 0.3) is 5.78 Å². The van der Waals surface area contributed by atoms with Gasteiger partial charge in [-0.1, -0.05) is 18.2 Å². The van der Waals surface area contributed by atoms with Crippen LogP contribution < -0.4 is 4.74 Å². The molecule has 0 bridgehead atoms. The van der Waals surface area contributed by atoms with Gasteiger partial charge in [0.1, 0.15) is 12.1 Å². The Balaban J connectivity index is 1.54. The van der Waals surface area contributed by atoms with Crippen LogP contribution in [0.15, 0.2) is 36.7 Å². The Morgan fingerprint density at radius 1 is 1.29 bits per heavy atom. The van der Waals surface area contributed by atoms with E-state index in [-0.39, 0.29) is 0 Å². The van der Waals surface area contributed by atoms with Gasteiger partial charge < -0.3 is 4.74 Å². The molecule has 0 N–H and O–H groups in total. The third kappa shape index (κ3) is 4.14. The van der Waals surface area contributed by atoms with Crippen molar-refractivity contribution in [3.05, 3.63) is 53.6 Å². The van der Waals surface area contributed by atoms with Crippen LogP contribution >= 0.6 is 0 Å². The highest BCUT2D eigenvalue weighted by atomic mass is 19.2. The number of para-hydroxylation sites is 1. The molecule has 3 heterocycles. The summed E-state index contributed by atoms with van der Waals surface area (Å²) in [7, 11) is 0. The van der Waals surface area contributed by atoms with Crippen molar-refractivity contribution in [2.75, 3.05) is 13.1 Å². The molecule has 2 aromatic heterocycles. The fraction of sp³-hybridized carbons (Fsp3) is 0.476. The normalized spacial score (nSPS) is 18.5. The van der Waals surface area contributed by atoms with Crippen molar-refractivity contribution in [2.24, 2.45) is 0 Å². The van der Waals surface area contributed by atoms with Crippen LogP contribution in [0.5, 0.6) is 5.75 Å². The number of hydrogen-bond acceptors (Lipinski definition) is 5. The number of aryl methyl sites for hydroxylation is 1. The molecule has 1 fully saturated rings. The molecule has 7 heteroatoms. The van der Waals surface area contributed by atoms with Crippen LogP contribution in [0.4, 0.5) is 4.39 Å². The van der Waals surface area contributed by atoms with E-state index >= 15 is 0 Å². The zero-order chi connectivity index (χ0) is 19.7. The number of fused-ring (bicyclic) bond motifs is 1. The molecule has 3 aromatic rings. The second kappa shape index (κ2) is 7.47. The topological polar surface area (TPSA) is 55.6 Å². The van der Waals surface area contributed by atoms with E-state index in [1.165, 1.54) is 13.8 Å². The molecule has 1 unspecified atom stereocenters. The van der Waals surface area contributed by atoms with E-state index in [1.807, 2.05) is 35.7 Å². The number of rotatable bonds is 5. The summed E-state index contributed by atoms with van der Waals surface area (Å²) in [4.78, 5) is 11.1. The van der Waals surface area contributed by atoms with E-state index in [0.717, 1.165) is 49.4 Å². The summed E-state index contributed by atoms with van der Waals surface area (Å²) in [5.41, 5.74) is 3.11. The van der Waals surface area contributed by atoms with Gasteiger partial charge in [0.15, 0.2) is 0 Å². The van der Waals surface area contributed by atoms with Crippen molar-refractivity contribution in [1.82, 2.24) is 24.5 Å². The molecule has 28 heavy (non-hydrogen) atoms. The van der Waals surface area contributed by atoms with Crippen LogP contribution in [0.2, 0.25) is 0 Å². The number of piperidine rings is 1. The average Bonchev–Trinajstić information content (AvgIpc) is 3.10. The quantitative estimate of drug-likeness (QED) is 0.669. The van der Waals surface area contributed by atoms with Crippen molar-refractivity contribution in [3.8, 4) is 5.75 Å². The van der Waals surface area contributed by atoms with Gasteiger partial charge in [-0.05, 0) is 38.4 Å². The van der Waals surface area contributed by atoms with E-state index in [0.29, 0.717) is 17.4 Å². The standard InChI is InChI=1S/C21H26FN5O/c1-15-11-18(27-20(25-15)23-14-24-27)16-8-6-10-26(12-16)13-17-7-4-5-9-19(17)28-21(2,3)22/h4-5,7,9,11,14,16H,6,8,10,12-13H2,1-3H3. The Morgan fingerprint density at radius 3 is 2.93 bits per heavy atom. The first-order valence-electron chi connectivity index (χ1n) is 9.74. The minimum absolute atomic E-state index is 0.352. The minimum Gasteiger partial charge on any atom is -0.458 e. The zero-order valence-electron chi connectivity index (χ0n) is 16.6. The lowest BCUT2D eigenvalue weighted by Gasteiger charge is -2.33. The SMILES string of the molecule is Cc1cc(C2CCCN(Cc3ccccc3OC(C)(C)F)C2)n2ncnc2n1. The molecular formula is C21H26FN5O. The van der Waals surface area contributed by atoms with Crippen LogP contribution in [-0.4, -0.2) is 43.4 Å². The largest absolute Gasteiger partial charge is 0.458 e. The van der Waals surface area contributed by atoms with Crippen LogP contribution in [0.1, 0.15) is 49.6 Å². The summed E-state index contributed by atoms with van der Waals surface area (Å²) in [6.07, 6.45) is 3.75. The smallest absolute Gasteiger partial charge is 0.252 e. The van der Waals surface area contributed by atoms with E-state index < -0.39 is 5.85 Å². The minimum atomic E-state index is -1.70. The molecule has 0 amide bonds. The first-order valence-corrected chi connectivity index (χ1v) is 9.74. The molecule has 148 valence electrons. The van der Waals surface area contributed by atoms with E-state index in [2.05, 4.69) is 26.0 Å². The summed E-state index contributed by atoms with van der Waals surface area (Å²) in [5.74, 6) is -0.0923. The highest BCUT2D eigenvalue weighted by Crippen LogP contribution is 2.30. The number of ether oxygens (including phenoxy) is 1. The van der Waals surface area contributed by atoms with Gasteiger partial charge >= 0.3 is 0 Å². The molecule has 1 aromatic carbocycles. The average molecular weight is 383 g/mol. The Labute approximate surface area is 164 Å². The second-order valence-corrected chi connectivity index (χ2v) is 7.94. The third-order valence-corrected chi connectivity index (χ3v) is 5.05. The van der Waals surface area contributed by atoms with Crippen molar-refractivity contribution >= 4 is 5.78 Å². The Bertz CT molecular complexity index is 965. The van der Waals surface area contributed by atoms with Gasteiger partial charge in [-0.3, -0.25) is 4.90 Å². The molecule has 0 radical (unpaired) electrons. The molecule has 1 saturated heterocycles. The number of alkyl halides is 1. The number of halogens is 1. The zero-order valence-corrected chi connectivity index (χ0v) is 16.6. The maximum absolute atomic E-state index is 14.0.